The number of rotatable bonds is 4. The molecule has 0 fully saturated rings. The van der Waals surface area contributed by atoms with Crippen molar-refractivity contribution in [1.82, 2.24) is 0 Å². The van der Waals surface area contributed by atoms with E-state index in [0.717, 1.165) is 15.6 Å². The first kappa shape index (κ1) is 15.6. The molecule has 0 aliphatic carbocycles. The van der Waals surface area contributed by atoms with Gasteiger partial charge in [0.15, 0.2) is 0 Å². The van der Waals surface area contributed by atoms with Crippen LogP contribution in [0.25, 0.3) is 5.48 Å². The van der Waals surface area contributed by atoms with Gasteiger partial charge in [0.25, 0.3) is 0 Å². The van der Waals surface area contributed by atoms with Gasteiger partial charge in [-0.2, -0.15) is 11.5 Å². The Morgan fingerprint density at radius 3 is 2.48 bits per heavy atom. The molecule has 0 saturated heterocycles. The van der Waals surface area contributed by atoms with E-state index in [2.05, 4.69) is 26.2 Å². The van der Waals surface area contributed by atoms with Gasteiger partial charge >= 0.3 is 0 Å². The summed E-state index contributed by atoms with van der Waals surface area (Å²) in [4.78, 5) is 3.74. The number of nitrogens with zero attached hydrogens (tertiary/aromatic N) is 1. The molecule has 0 aliphatic heterocycles. The van der Waals surface area contributed by atoms with E-state index in [1.54, 1.807) is 18.2 Å². The fourth-order valence-corrected chi connectivity index (χ4v) is 2.15. The Kier molecular flexibility index (Phi) is 5.01. The van der Waals surface area contributed by atoms with E-state index in [0.29, 0.717) is 11.1 Å². The minimum Gasteiger partial charge on any atom is -0.476 e. The highest BCUT2D eigenvalue weighted by molar-refractivity contribution is 9.10. The maximum absolute atomic E-state index is 9.98. The third-order valence-corrected chi connectivity index (χ3v) is 3.51. The maximum atomic E-state index is 9.98. The van der Waals surface area contributed by atoms with Crippen molar-refractivity contribution >= 4 is 21.8 Å². The Hall–Kier alpha value is -1.82. The van der Waals surface area contributed by atoms with Gasteiger partial charge in [-0.05, 0) is 24.6 Å². The van der Waals surface area contributed by atoms with E-state index in [-0.39, 0.29) is 12.1 Å². The summed E-state index contributed by atoms with van der Waals surface area (Å²) in [6.07, 6.45) is -0.186. The second kappa shape index (κ2) is 6.76. The third-order valence-electron chi connectivity index (χ3n) is 2.99. The van der Waals surface area contributed by atoms with E-state index in [4.69, 9.17) is 5.41 Å². The molecule has 2 rings (SSSR count). The lowest BCUT2D eigenvalue weighted by atomic mass is 10.1. The minimum atomic E-state index is -0.186. The third kappa shape index (κ3) is 4.07. The molecule has 0 heterocycles. The van der Waals surface area contributed by atoms with Crippen LogP contribution in [0.2, 0.25) is 0 Å². The topological polar surface area (TPSA) is 71.0 Å². The van der Waals surface area contributed by atoms with E-state index < -0.39 is 0 Å². The van der Waals surface area contributed by atoms with Crippen LogP contribution in [-0.4, -0.2) is 15.8 Å². The fourth-order valence-electron chi connectivity index (χ4n) is 1.88. The first-order chi connectivity index (χ1) is 9.97. The number of aryl methyl sites for hydroxylation is 2. The molecule has 0 saturated carbocycles. The lowest BCUT2D eigenvalue weighted by molar-refractivity contribution is -0.0421. The van der Waals surface area contributed by atoms with Crippen LogP contribution in [-0.2, 0) is 0 Å². The Morgan fingerprint density at radius 2 is 1.86 bits per heavy atom. The highest BCUT2D eigenvalue weighted by Gasteiger charge is 2.08. The van der Waals surface area contributed by atoms with Gasteiger partial charge in [0, 0.05) is 10.3 Å². The van der Waals surface area contributed by atoms with E-state index in [1.165, 1.54) is 0 Å². The minimum absolute atomic E-state index is 0.00110. The normalized spacial score (nSPS) is 10.3. The van der Waals surface area contributed by atoms with Crippen molar-refractivity contribution in [2.45, 2.75) is 13.8 Å². The molecule has 0 bridgehead atoms. The Balaban J connectivity index is 1.98. The number of hydrogen-bond acceptors (Lipinski definition) is 2. The van der Waals surface area contributed by atoms with Crippen LogP contribution >= 0.6 is 15.9 Å². The Bertz CT molecular complexity index is 641. The number of halogens is 1. The second-order valence-corrected chi connectivity index (χ2v) is 5.61. The number of hydroxylamine groups is 1. The zero-order valence-corrected chi connectivity index (χ0v) is 13.3. The summed E-state index contributed by atoms with van der Waals surface area (Å²) in [5, 5.41) is 17.8. The first-order valence-electron chi connectivity index (χ1n) is 6.37. The molecule has 0 atom stereocenters. The zero-order valence-electron chi connectivity index (χ0n) is 11.8. The molecule has 0 aromatic heterocycles. The molecule has 21 heavy (non-hydrogen) atoms. The van der Waals surface area contributed by atoms with Crippen LogP contribution in [0.4, 0.5) is 0 Å². The molecule has 2 aromatic rings. The van der Waals surface area contributed by atoms with Crippen LogP contribution in [0.3, 0.4) is 0 Å². The summed E-state index contributed by atoms with van der Waals surface area (Å²) >= 11 is 3.33. The number of amidine groups is 1. The number of nitrogens with one attached hydrogen (secondary N) is 1. The fraction of sp³-hybridized carbons (Fsp3) is 0.125. The van der Waals surface area contributed by atoms with Gasteiger partial charge in [0.05, 0.1) is 0 Å². The molecule has 2 aromatic carbocycles. The lowest BCUT2D eigenvalue weighted by Crippen LogP contribution is -2.11. The summed E-state index contributed by atoms with van der Waals surface area (Å²) in [6, 6.07) is 12.8. The van der Waals surface area contributed by atoms with Crippen LogP contribution in [0.15, 0.2) is 46.9 Å². The summed E-state index contributed by atoms with van der Waals surface area (Å²) in [6.45, 7) is 3.88. The molecule has 0 aliphatic rings. The molecule has 3 N–H and O–H groups in total. The van der Waals surface area contributed by atoms with Crippen LogP contribution in [0.1, 0.15) is 22.3 Å². The average Bonchev–Trinajstić information content (AvgIpc) is 2.45. The van der Waals surface area contributed by atoms with Gasteiger partial charge in [0.2, 0.25) is 6.29 Å². The van der Waals surface area contributed by atoms with Gasteiger partial charge in [0.1, 0.15) is 0 Å². The molecule has 0 amide bonds. The zero-order chi connectivity index (χ0) is 15.4. The quantitative estimate of drug-likeness (QED) is 0.274. The maximum Gasteiger partial charge on any atom is 0.249 e. The van der Waals surface area contributed by atoms with Gasteiger partial charge in [-0.25, -0.2) is 0 Å². The molecular formula is C16H16BrN2O2-. The predicted molar refractivity (Wildman–Crippen MR) is 86.3 cm³/mol. The summed E-state index contributed by atoms with van der Waals surface area (Å²) in [7, 11) is 0. The molecule has 4 nitrogen and oxygen atoms in total. The standard InChI is InChI=1S/C16H16BrN2O2/c1-10-3-8-14(11(2)9-10)16(20)21-19-15(18)12-4-6-13(17)7-5-12/h3-9,20-21H,1-2H3,(H-,18,19)/q-1. The van der Waals surface area contributed by atoms with E-state index in [1.807, 2.05) is 38.1 Å². The Labute approximate surface area is 132 Å². The molecule has 5 heteroatoms. The van der Waals surface area contributed by atoms with Crippen molar-refractivity contribution < 1.29 is 9.94 Å². The number of aliphatic hydroxyl groups excluding tert-OH is 1. The largest absolute Gasteiger partial charge is 0.476 e. The molecule has 110 valence electrons. The van der Waals surface area contributed by atoms with Crippen LogP contribution < -0.4 is 0 Å². The number of benzene rings is 2. The van der Waals surface area contributed by atoms with Crippen molar-refractivity contribution in [2.75, 3.05) is 0 Å². The van der Waals surface area contributed by atoms with Crippen LogP contribution in [0, 0.1) is 25.5 Å². The first-order valence-corrected chi connectivity index (χ1v) is 7.16. The van der Waals surface area contributed by atoms with Crippen molar-refractivity contribution in [1.29, 1.82) is 5.41 Å². The van der Waals surface area contributed by atoms with Gasteiger partial charge in [-0.3, -0.25) is 0 Å². The monoisotopic (exact) mass is 347 g/mol. The number of aliphatic hydroxyl groups is 2. The van der Waals surface area contributed by atoms with Crippen molar-refractivity contribution in [2.24, 2.45) is 0 Å². The van der Waals surface area contributed by atoms with Crippen LogP contribution in [0.5, 0.6) is 0 Å². The van der Waals surface area contributed by atoms with Crippen molar-refractivity contribution in [3.63, 3.8) is 0 Å². The number of hydrogen-bond donors (Lipinski definition) is 2. The summed E-state index contributed by atoms with van der Waals surface area (Å²) < 4.78 is 0.931. The molecular weight excluding hydrogens is 332 g/mol. The molecule has 0 radical (unpaired) electrons. The smallest absolute Gasteiger partial charge is 0.249 e. The van der Waals surface area contributed by atoms with Crippen molar-refractivity contribution in [3.8, 4) is 0 Å². The summed E-state index contributed by atoms with van der Waals surface area (Å²) in [5.74, 6) is -0.00110. The van der Waals surface area contributed by atoms with Crippen molar-refractivity contribution in [3.05, 3.63) is 81.0 Å². The molecule has 0 unspecified atom stereocenters. The van der Waals surface area contributed by atoms with Gasteiger partial charge in [-0.15, -0.1) is 17.7 Å². The highest BCUT2D eigenvalue weighted by Crippen LogP contribution is 2.20. The predicted octanol–water partition coefficient (Wildman–Crippen LogP) is 4.60. The van der Waals surface area contributed by atoms with Gasteiger partial charge < -0.3 is 15.4 Å². The van der Waals surface area contributed by atoms with E-state index in [9.17, 15) is 5.11 Å². The summed E-state index contributed by atoms with van der Waals surface area (Å²) in [5.41, 5.74) is 7.06. The second-order valence-electron chi connectivity index (χ2n) is 4.70. The average molecular weight is 348 g/mol. The lowest BCUT2D eigenvalue weighted by Gasteiger charge is -2.21. The Morgan fingerprint density at radius 1 is 1.19 bits per heavy atom. The highest BCUT2D eigenvalue weighted by atomic mass is 79.9. The molecule has 0 spiro atoms. The SMILES string of the molecule is Cc1ccc([C-](O)[OH+][N-]C(=N)c2ccc(Br)cc2)c(C)c1. The van der Waals surface area contributed by atoms with E-state index >= 15 is 0 Å². The van der Waals surface area contributed by atoms with Gasteiger partial charge in [-0.1, -0.05) is 46.1 Å².